The first-order valence-corrected chi connectivity index (χ1v) is 11.3. The Kier molecular flexibility index (Phi) is 6.56. The molecule has 1 aliphatic rings. The van der Waals surface area contributed by atoms with Crippen molar-refractivity contribution in [2.75, 3.05) is 5.75 Å². The van der Waals surface area contributed by atoms with Gasteiger partial charge in [0.2, 0.25) is 0 Å². The summed E-state index contributed by atoms with van der Waals surface area (Å²) in [6, 6.07) is 9.28. The molecule has 0 N–H and O–H groups in total. The van der Waals surface area contributed by atoms with Crippen molar-refractivity contribution in [1.29, 1.82) is 0 Å². The number of hydrogen-bond donors (Lipinski definition) is 0. The highest BCUT2D eigenvalue weighted by Gasteiger charge is 2.35. The Morgan fingerprint density at radius 1 is 1.24 bits per heavy atom. The van der Waals surface area contributed by atoms with Crippen molar-refractivity contribution >= 4 is 23.5 Å². The largest absolute Gasteiger partial charge is 0.337 e. The van der Waals surface area contributed by atoms with Gasteiger partial charge in [-0.2, -0.15) is 0 Å². The van der Waals surface area contributed by atoms with Gasteiger partial charge in [0.05, 0.1) is 10.4 Å². The molecule has 0 saturated carbocycles. The first-order chi connectivity index (χ1) is 12.1. The Balaban J connectivity index is 1.64. The number of aryl methyl sites for hydroxylation is 2. The van der Waals surface area contributed by atoms with Crippen LogP contribution in [-0.2, 0) is 13.0 Å². The van der Waals surface area contributed by atoms with Crippen LogP contribution in [0.4, 0.5) is 0 Å². The fourth-order valence-electron chi connectivity index (χ4n) is 3.38. The van der Waals surface area contributed by atoms with Crippen LogP contribution >= 0.6 is 23.5 Å². The van der Waals surface area contributed by atoms with Crippen LogP contribution in [0.15, 0.2) is 43.0 Å². The number of nitrogens with zero attached hydrogens (tertiary/aromatic N) is 2. The summed E-state index contributed by atoms with van der Waals surface area (Å²) in [7, 11) is 0. The number of hydrogen-bond acceptors (Lipinski definition) is 3. The smallest absolute Gasteiger partial charge is 0.0945 e. The Morgan fingerprint density at radius 3 is 2.68 bits per heavy atom. The van der Waals surface area contributed by atoms with E-state index in [0.29, 0.717) is 10.00 Å². The highest BCUT2D eigenvalue weighted by Crippen LogP contribution is 2.51. The molecule has 3 rings (SSSR count). The average Bonchev–Trinajstić information content (AvgIpc) is 3.12. The van der Waals surface area contributed by atoms with Gasteiger partial charge in [0.25, 0.3) is 0 Å². The summed E-state index contributed by atoms with van der Waals surface area (Å²) in [6.07, 6.45) is 10.9. The van der Waals surface area contributed by atoms with Crippen LogP contribution < -0.4 is 0 Å². The third-order valence-corrected chi connectivity index (χ3v) is 8.55. The van der Waals surface area contributed by atoms with Gasteiger partial charge in [-0.15, -0.1) is 23.5 Å². The average molecular weight is 375 g/mol. The molecule has 0 amide bonds. The van der Waals surface area contributed by atoms with Gasteiger partial charge in [0.15, 0.2) is 0 Å². The van der Waals surface area contributed by atoms with Crippen molar-refractivity contribution in [3.63, 3.8) is 0 Å². The van der Waals surface area contributed by atoms with Gasteiger partial charge in [-0.25, -0.2) is 4.98 Å². The minimum atomic E-state index is 0.346. The van der Waals surface area contributed by atoms with E-state index in [2.05, 4.69) is 84.3 Å². The summed E-state index contributed by atoms with van der Waals surface area (Å²) >= 11 is 4.40. The van der Waals surface area contributed by atoms with Crippen LogP contribution in [0.25, 0.3) is 0 Å². The molecular weight excluding hydrogens is 344 g/mol. The summed E-state index contributed by atoms with van der Waals surface area (Å²) in [4.78, 5) is 4.19. The Morgan fingerprint density at radius 2 is 2.04 bits per heavy atom. The van der Waals surface area contributed by atoms with Crippen LogP contribution in [0.1, 0.15) is 57.1 Å². The predicted octanol–water partition coefficient (Wildman–Crippen LogP) is 5.98. The molecule has 2 nitrogen and oxygen atoms in total. The molecule has 2 unspecified atom stereocenters. The monoisotopic (exact) mass is 374 g/mol. The van der Waals surface area contributed by atoms with Gasteiger partial charge >= 0.3 is 0 Å². The summed E-state index contributed by atoms with van der Waals surface area (Å²) in [5, 5.41) is 0.771. The fourth-order valence-corrected chi connectivity index (χ4v) is 7.27. The van der Waals surface area contributed by atoms with Crippen LogP contribution in [0, 0.1) is 0 Å². The zero-order valence-corrected chi connectivity index (χ0v) is 17.3. The zero-order valence-electron chi connectivity index (χ0n) is 15.6. The number of rotatable bonds is 7. The molecule has 1 aromatic carbocycles. The quantitative estimate of drug-likeness (QED) is 0.593. The lowest BCUT2D eigenvalue weighted by atomic mass is 9.99. The minimum absolute atomic E-state index is 0.346. The molecule has 2 aromatic rings. The lowest BCUT2D eigenvalue weighted by molar-refractivity contribution is 0.566. The minimum Gasteiger partial charge on any atom is -0.337 e. The summed E-state index contributed by atoms with van der Waals surface area (Å²) in [6.45, 7) is 7.99. The van der Waals surface area contributed by atoms with E-state index < -0.39 is 0 Å². The van der Waals surface area contributed by atoms with Gasteiger partial charge < -0.3 is 4.57 Å². The second kappa shape index (κ2) is 8.68. The van der Waals surface area contributed by atoms with Crippen LogP contribution in [0.3, 0.4) is 0 Å². The lowest BCUT2D eigenvalue weighted by Gasteiger charge is -2.39. The molecule has 2 atom stereocenters. The van der Waals surface area contributed by atoms with E-state index in [0.717, 1.165) is 11.8 Å². The molecule has 2 heterocycles. The zero-order chi connectivity index (χ0) is 17.7. The maximum atomic E-state index is 4.19. The molecule has 1 aliphatic heterocycles. The molecule has 1 fully saturated rings. The topological polar surface area (TPSA) is 17.8 Å². The van der Waals surface area contributed by atoms with E-state index in [9.17, 15) is 0 Å². The molecule has 0 aliphatic carbocycles. The second-order valence-corrected chi connectivity index (χ2v) is 11.0. The summed E-state index contributed by atoms with van der Waals surface area (Å²) < 4.78 is 2.57. The van der Waals surface area contributed by atoms with E-state index in [-0.39, 0.29) is 0 Å². The number of thioether (sulfide) groups is 2. The van der Waals surface area contributed by atoms with Crippen molar-refractivity contribution in [3.8, 4) is 0 Å². The van der Waals surface area contributed by atoms with Crippen LogP contribution in [0.5, 0.6) is 0 Å². The molecule has 4 heteroatoms. The predicted molar refractivity (Wildman–Crippen MR) is 113 cm³/mol. The maximum absolute atomic E-state index is 4.19. The van der Waals surface area contributed by atoms with E-state index in [4.69, 9.17) is 0 Å². The van der Waals surface area contributed by atoms with Crippen molar-refractivity contribution in [2.45, 2.75) is 68.2 Å². The molecule has 1 saturated heterocycles. The molecule has 136 valence electrons. The number of imidazole rings is 1. The van der Waals surface area contributed by atoms with Crippen molar-refractivity contribution in [3.05, 3.63) is 54.1 Å². The van der Waals surface area contributed by atoms with E-state index in [1.165, 1.54) is 42.6 Å². The normalized spacial score (nSPS) is 23.9. The SMILES string of the molecule is CC1CCSC(CCc2ccc(C(C)C)cc2)(CCn2ccnc2)S1. The van der Waals surface area contributed by atoms with Crippen LogP contribution in [0.2, 0.25) is 0 Å². The third-order valence-electron chi connectivity index (χ3n) is 5.06. The molecular formula is C21H30N2S2. The fraction of sp³-hybridized carbons (Fsp3) is 0.571. The van der Waals surface area contributed by atoms with Crippen LogP contribution in [-0.4, -0.2) is 24.6 Å². The molecule has 0 spiro atoms. The van der Waals surface area contributed by atoms with Gasteiger partial charge in [0, 0.05) is 24.2 Å². The standard InChI is InChI=1S/C21H30N2S2/c1-17(2)20-6-4-19(5-7-20)8-10-21(24-15-9-18(3)25-21)11-13-23-14-12-22-16-23/h4-7,12,14,16-18H,8-11,13,15H2,1-3H3. The summed E-state index contributed by atoms with van der Waals surface area (Å²) in [5.74, 6) is 1.91. The molecule has 1 aromatic heterocycles. The molecule has 0 radical (unpaired) electrons. The Hall–Kier alpha value is -0.870. The van der Waals surface area contributed by atoms with Gasteiger partial charge in [-0.05, 0) is 48.5 Å². The van der Waals surface area contributed by atoms with Crippen molar-refractivity contribution in [1.82, 2.24) is 9.55 Å². The Labute approximate surface area is 161 Å². The first kappa shape index (κ1) is 18.9. The van der Waals surface area contributed by atoms with Gasteiger partial charge in [0.1, 0.15) is 0 Å². The molecule has 0 bridgehead atoms. The first-order valence-electron chi connectivity index (χ1n) is 9.43. The van der Waals surface area contributed by atoms with E-state index in [1.807, 2.05) is 12.5 Å². The second-order valence-electron chi connectivity index (χ2n) is 7.42. The van der Waals surface area contributed by atoms with Crippen molar-refractivity contribution in [2.24, 2.45) is 0 Å². The highest BCUT2D eigenvalue weighted by atomic mass is 32.2. The van der Waals surface area contributed by atoms with Gasteiger partial charge in [-0.1, -0.05) is 45.0 Å². The number of aromatic nitrogens is 2. The molecule has 25 heavy (non-hydrogen) atoms. The van der Waals surface area contributed by atoms with E-state index >= 15 is 0 Å². The number of benzene rings is 1. The Bertz CT molecular complexity index is 636. The van der Waals surface area contributed by atoms with Gasteiger partial charge in [-0.3, -0.25) is 0 Å². The summed E-state index contributed by atoms with van der Waals surface area (Å²) in [5.41, 5.74) is 2.92. The van der Waals surface area contributed by atoms with Crippen molar-refractivity contribution < 1.29 is 0 Å². The highest BCUT2D eigenvalue weighted by molar-refractivity contribution is 8.19. The maximum Gasteiger partial charge on any atom is 0.0945 e. The lowest BCUT2D eigenvalue weighted by Crippen LogP contribution is -2.30. The van der Waals surface area contributed by atoms with E-state index in [1.54, 1.807) is 0 Å². The third kappa shape index (κ3) is 5.30.